The largest absolute Gasteiger partial charge is 0.310 e. The van der Waals surface area contributed by atoms with Gasteiger partial charge in [0.25, 0.3) is 0 Å². The second kappa shape index (κ2) is 6.49. The molecular weight excluding hydrogens is 256 g/mol. The van der Waals surface area contributed by atoms with Crippen molar-refractivity contribution in [2.75, 3.05) is 6.54 Å². The number of benzene rings is 1. The van der Waals surface area contributed by atoms with Crippen molar-refractivity contribution in [1.29, 1.82) is 0 Å². The molecule has 0 saturated heterocycles. The van der Waals surface area contributed by atoms with Crippen LogP contribution in [-0.2, 0) is 0 Å². The van der Waals surface area contributed by atoms with Crippen molar-refractivity contribution in [3.63, 3.8) is 0 Å². The van der Waals surface area contributed by atoms with Crippen LogP contribution in [0.5, 0.6) is 0 Å². The molecule has 0 heterocycles. The van der Waals surface area contributed by atoms with Crippen molar-refractivity contribution in [3.05, 3.63) is 47.0 Å². The Morgan fingerprint density at radius 3 is 2.70 bits per heavy atom. The van der Waals surface area contributed by atoms with Crippen LogP contribution in [0.15, 0.2) is 29.8 Å². The maximum Gasteiger partial charge on any atom is 0.159 e. The molecule has 0 aromatic heterocycles. The van der Waals surface area contributed by atoms with Crippen molar-refractivity contribution in [2.45, 2.75) is 39.7 Å². The van der Waals surface area contributed by atoms with E-state index < -0.39 is 11.6 Å². The van der Waals surface area contributed by atoms with Crippen LogP contribution in [-0.4, -0.2) is 6.54 Å². The predicted octanol–water partition coefficient (Wildman–Crippen LogP) is 4.61. The van der Waals surface area contributed by atoms with Crippen LogP contribution < -0.4 is 5.32 Å². The summed E-state index contributed by atoms with van der Waals surface area (Å²) in [6, 6.07) is 4.15. The maximum atomic E-state index is 13.2. The highest BCUT2D eigenvalue weighted by molar-refractivity contribution is 5.20. The number of allylic oxidation sites excluding steroid dienone is 2. The van der Waals surface area contributed by atoms with Gasteiger partial charge in [0.1, 0.15) is 0 Å². The Balaban J connectivity index is 1.90. The normalized spacial score (nSPS) is 24.4. The van der Waals surface area contributed by atoms with Gasteiger partial charge in [0, 0.05) is 6.04 Å². The summed E-state index contributed by atoms with van der Waals surface area (Å²) in [6.45, 7) is 7.33. The van der Waals surface area contributed by atoms with Crippen molar-refractivity contribution < 1.29 is 8.78 Å². The smallest absolute Gasteiger partial charge is 0.159 e. The van der Waals surface area contributed by atoms with E-state index in [9.17, 15) is 8.78 Å². The van der Waals surface area contributed by atoms with Crippen LogP contribution in [0.2, 0.25) is 0 Å². The number of hydrogen-bond donors (Lipinski definition) is 1. The van der Waals surface area contributed by atoms with Gasteiger partial charge in [0.05, 0.1) is 0 Å². The summed E-state index contributed by atoms with van der Waals surface area (Å²) in [5, 5.41) is 3.44. The molecule has 2 rings (SSSR count). The van der Waals surface area contributed by atoms with E-state index in [0.717, 1.165) is 18.5 Å². The molecule has 1 aliphatic carbocycles. The van der Waals surface area contributed by atoms with Gasteiger partial charge in [-0.2, -0.15) is 0 Å². The third kappa shape index (κ3) is 3.89. The van der Waals surface area contributed by atoms with Gasteiger partial charge in [0.15, 0.2) is 11.6 Å². The Kier molecular flexibility index (Phi) is 4.92. The molecule has 1 aromatic rings. The van der Waals surface area contributed by atoms with Crippen molar-refractivity contribution in [3.8, 4) is 0 Å². The molecule has 3 heteroatoms. The van der Waals surface area contributed by atoms with Crippen LogP contribution in [0.1, 0.15) is 45.2 Å². The second-order valence-corrected chi connectivity index (χ2v) is 6.10. The lowest BCUT2D eigenvalue weighted by molar-refractivity contribution is 0.366. The Hall–Kier alpha value is -1.22. The highest BCUT2D eigenvalue weighted by Crippen LogP contribution is 2.28. The maximum absolute atomic E-state index is 13.2. The molecule has 0 fully saturated rings. The fourth-order valence-electron chi connectivity index (χ4n) is 3.08. The predicted molar refractivity (Wildman–Crippen MR) is 78.4 cm³/mol. The monoisotopic (exact) mass is 279 g/mol. The van der Waals surface area contributed by atoms with Crippen LogP contribution in [0.3, 0.4) is 0 Å². The minimum absolute atomic E-state index is 0.0339. The van der Waals surface area contributed by atoms with Gasteiger partial charge < -0.3 is 5.32 Å². The molecule has 1 N–H and O–H groups in total. The Bertz CT molecular complexity index is 496. The zero-order chi connectivity index (χ0) is 14.7. The fraction of sp³-hybridized carbons (Fsp3) is 0.529. The minimum atomic E-state index is -0.789. The standard InChI is InChI=1S/C17H23F2N/c1-11-6-12(2)8-14(7-11)10-20-13(3)15-4-5-16(18)17(19)9-15/h4-6,9,11,13-14,20H,7-8,10H2,1-3H3. The molecule has 1 nitrogen and oxygen atoms in total. The molecule has 3 unspecified atom stereocenters. The summed E-state index contributed by atoms with van der Waals surface area (Å²) >= 11 is 0. The van der Waals surface area contributed by atoms with Crippen LogP contribution in [0.25, 0.3) is 0 Å². The fourth-order valence-corrected chi connectivity index (χ4v) is 3.08. The van der Waals surface area contributed by atoms with Gasteiger partial charge in [-0.25, -0.2) is 8.78 Å². The molecule has 1 aromatic carbocycles. The first-order valence-corrected chi connectivity index (χ1v) is 7.31. The lowest BCUT2D eigenvalue weighted by Crippen LogP contribution is -2.28. The Morgan fingerprint density at radius 2 is 2.05 bits per heavy atom. The van der Waals surface area contributed by atoms with Gasteiger partial charge in [0.2, 0.25) is 0 Å². The molecule has 20 heavy (non-hydrogen) atoms. The topological polar surface area (TPSA) is 12.0 Å². The van der Waals surface area contributed by atoms with Crippen molar-refractivity contribution >= 4 is 0 Å². The highest BCUT2D eigenvalue weighted by Gasteiger charge is 2.19. The van der Waals surface area contributed by atoms with E-state index in [1.54, 1.807) is 6.07 Å². The quantitative estimate of drug-likeness (QED) is 0.794. The average molecular weight is 279 g/mol. The van der Waals surface area contributed by atoms with Crippen LogP contribution >= 0.6 is 0 Å². The molecular formula is C17H23F2N. The van der Waals surface area contributed by atoms with Gasteiger partial charge >= 0.3 is 0 Å². The summed E-state index contributed by atoms with van der Waals surface area (Å²) < 4.78 is 26.1. The first-order chi connectivity index (χ1) is 9.45. The first-order valence-electron chi connectivity index (χ1n) is 7.31. The molecule has 3 atom stereocenters. The van der Waals surface area contributed by atoms with Crippen LogP contribution in [0.4, 0.5) is 8.78 Å². The number of halogens is 2. The van der Waals surface area contributed by atoms with Crippen molar-refractivity contribution in [1.82, 2.24) is 5.32 Å². The van der Waals surface area contributed by atoms with Crippen molar-refractivity contribution in [2.24, 2.45) is 11.8 Å². The van der Waals surface area contributed by atoms with E-state index in [2.05, 4.69) is 25.2 Å². The first kappa shape index (κ1) is 15.2. The third-order valence-electron chi connectivity index (χ3n) is 4.04. The number of rotatable bonds is 4. The van der Waals surface area contributed by atoms with E-state index in [1.807, 2.05) is 6.92 Å². The summed E-state index contributed by atoms with van der Waals surface area (Å²) in [4.78, 5) is 0. The zero-order valence-corrected chi connectivity index (χ0v) is 12.4. The molecule has 110 valence electrons. The average Bonchev–Trinajstić information content (AvgIpc) is 2.38. The number of hydrogen-bond acceptors (Lipinski definition) is 1. The van der Waals surface area contributed by atoms with Gasteiger partial charge in [-0.3, -0.25) is 0 Å². The third-order valence-corrected chi connectivity index (χ3v) is 4.04. The minimum Gasteiger partial charge on any atom is -0.310 e. The lowest BCUT2D eigenvalue weighted by atomic mass is 9.83. The van der Waals surface area contributed by atoms with E-state index in [1.165, 1.54) is 24.1 Å². The van der Waals surface area contributed by atoms with Gasteiger partial charge in [-0.05, 0) is 62.8 Å². The molecule has 0 aliphatic heterocycles. The van der Waals surface area contributed by atoms with Gasteiger partial charge in [-0.15, -0.1) is 0 Å². The second-order valence-electron chi connectivity index (χ2n) is 6.10. The Labute approximate surface area is 120 Å². The summed E-state index contributed by atoms with van der Waals surface area (Å²) in [5.41, 5.74) is 2.25. The molecule has 0 radical (unpaired) electrons. The summed E-state index contributed by atoms with van der Waals surface area (Å²) in [7, 11) is 0. The van der Waals surface area contributed by atoms with Crippen LogP contribution in [0, 0.1) is 23.5 Å². The van der Waals surface area contributed by atoms with Gasteiger partial charge in [-0.1, -0.05) is 24.6 Å². The number of nitrogens with one attached hydrogen (secondary N) is 1. The molecule has 0 saturated carbocycles. The van der Waals surface area contributed by atoms with E-state index in [4.69, 9.17) is 0 Å². The molecule has 0 bridgehead atoms. The van der Waals surface area contributed by atoms with E-state index in [-0.39, 0.29) is 6.04 Å². The summed E-state index contributed by atoms with van der Waals surface area (Å²) in [5.74, 6) is -0.305. The lowest BCUT2D eigenvalue weighted by Gasteiger charge is -2.27. The Morgan fingerprint density at radius 1 is 1.30 bits per heavy atom. The molecule has 0 amide bonds. The molecule has 0 spiro atoms. The SMILES string of the molecule is CC1=CC(C)CC(CNC(C)c2ccc(F)c(F)c2)C1. The zero-order valence-electron chi connectivity index (χ0n) is 12.4. The van der Waals surface area contributed by atoms with E-state index in [0.29, 0.717) is 11.8 Å². The molecule has 1 aliphatic rings. The van der Waals surface area contributed by atoms with E-state index >= 15 is 0 Å². The summed E-state index contributed by atoms with van der Waals surface area (Å²) in [6.07, 6.45) is 4.66. The highest BCUT2D eigenvalue weighted by atomic mass is 19.2.